The first-order valence-electron chi connectivity index (χ1n) is 11.1. The zero-order valence-electron chi connectivity index (χ0n) is 18.1. The first-order valence-corrected chi connectivity index (χ1v) is 12.5. The van der Waals surface area contributed by atoms with E-state index in [2.05, 4.69) is 10.2 Å². The summed E-state index contributed by atoms with van der Waals surface area (Å²) in [5.74, 6) is -0.0102. The Morgan fingerprint density at radius 3 is 2.55 bits per heavy atom. The average Bonchev–Trinajstić information content (AvgIpc) is 3.32. The van der Waals surface area contributed by atoms with Gasteiger partial charge in [0.15, 0.2) is 0 Å². The van der Waals surface area contributed by atoms with E-state index in [1.54, 1.807) is 17.0 Å². The molecule has 0 saturated carbocycles. The van der Waals surface area contributed by atoms with Crippen LogP contribution in [0.4, 0.5) is 11.4 Å². The summed E-state index contributed by atoms with van der Waals surface area (Å²) in [5.41, 5.74) is 1.63. The Morgan fingerprint density at radius 1 is 1.10 bits per heavy atom. The van der Waals surface area contributed by atoms with Crippen LogP contribution in [0.1, 0.15) is 19.8 Å². The van der Waals surface area contributed by atoms with E-state index in [-0.39, 0.29) is 23.5 Å². The molecule has 3 aliphatic heterocycles. The smallest absolute Gasteiger partial charge is 0.243 e. The minimum atomic E-state index is -3.61. The lowest BCUT2D eigenvalue weighted by Crippen LogP contribution is -2.46. The van der Waals surface area contributed by atoms with Crippen LogP contribution < -0.4 is 10.2 Å². The molecule has 1 aromatic carbocycles. The van der Waals surface area contributed by atoms with Gasteiger partial charge in [0.25, 0.3) is 0 Å². The van der Waals surface area contributed by atoms with Crippen molar-refractivity contribution in [1.82, 2.24) is 9.21 Å². The summed E-state index contributed by atoms with van der Waals surface area (Å²) in [6, 6.07) is 5.21. The molecule has 3 heterocycles. The molecule has 10 heteroatoms. The number of carbonyl (C=O) groups excluding carboxylic acids is 1. The highest BCUT2D eigenvalue weighted by molar-refractivity contribution is 7.89. The number of anilines is 2. The zero-order valence-corrected chi connectivity index (χ0v) is 18.9. The van der Waals surface area contributed by atoms with Crippen LogP contribution in [0.2, 0.25) is 0 Å². The Hall–Kier alpha value is -1.88. The molecule has 0 spiro atoms. The molecular formula is C21H32N4O5S. The summed E-state index contributed by atoms with van der Waals surface area (Å²) in [5, 5.41) is 3.24. The molecule has 3 aliphatic rings. The zero-order chi connectivity index (χ0) is 21.8. The number of morpholine rings is 2. The highest BCUT2D eigenvalue weighted by Crippen LogP contribution is 2.32. The fourth-order valence-corrected chi connectivity index (χ4v) is 5.75. The van der Waals surface area contributed by atoms with Crippen molar-refractivity contribution in [3.63, 3.8) is 0 Å². The molecule has 4 rings (SSSR count). The molecule has 0 radical (unpaired) electrons. The number of nitrogens with one attached hydrogen (secondary N) is 1. The number of rotatable bonds is 6. The third kappa shape index (κ3) is 5.14. The maximum absolute atomic E-state index is 13.1. The van der Waals surface area contributed by atoms with Crippen molar-refractivity contribution in [3.05, 3.63) is 18.2 Å². The van der Waals surface area contributed by atoms with Crippen LogP contribution >= 0.6 is 0 Å². The van der Waals surface area contributed by atoms with Crippen molar-refractivity contribution in [1.29, 1.82) is 0 Å². The number of hydrogen-bond acceptors (Lipinski definition) is 7. The van der Waals surface area contributed by atoms with Crippen molar-refractivity contribution in [2.75, 3.05) is 75.9 Å². The van der Waals surface area contributed by atoms with Gasteiger partial charge in [0.05, 0.1) is 48.7 Å². The molecule has 31 heavy (non-hydrogen) atoms. The van der Waals surface area contributed by atoms with Gasteiger partial charge in [0.1, 0.15) is 0 Å². The van der Waals surface area contributed by atoms with E-state index in [0.717, 1.165) is 31.6 Å². The molecule has 1 atom stereocenters. The van der Waals surface area contributed by atoms with Crippen molar-refractivity contribution in [3.8, 4) is 0 Å². The fraction of sp³-hybridized carbons (Fsp3) is 0.667. The number of nitrogens with zero attached hydrogens (tertiary/aromatic N) is 3. The van der Waals surface area contributed by atoms with Crippen molar-refractivity contribution >= 4 is 27.3 Å². The summed E-state index contributed by atoms with van der Waals surface area (Å²) in [6.45, 7) is 7.15. The standard InChI is InChI=1S/C21H32N4O5S/c1-17-16-24(8-13-30-17)21(26)15-22-19-14-18(4-5-20(19)23-6-2-3-7-23)31(27,28)25-9-11-29-12-10-25/h4-5,14,17,22H,2-3,6-13,15-16H2,1H3. The molecule has 3 fully saturated rings. The number of benzene rings is 1. The molecule has 3 saturated heterocycles. The Morgan fingerprint density at radius 2 is 1.84 bits per heavy atom. The van der Waals surface area contributed by atoms with Gasteiger partial charge in [-0.3, -0.25) is 4.79 Å². The fourth-order valence-electron chi connectivity index (χ4n) is 4.31. The van der Waals surface area contributed by atoms with Crippen LogP contribution in [0.5, 0.6) is 0 Å². The van der Waals surface area contributed by atoms with Crippen LogP contribution in [0.25, 0.3) is 0 Å². The highest BCUT2D eigenvalue weighted by atomic mass is 32.2. The van der Waals surface area contributed by atoms with Gasteiger partial charge in [-0.05, 0) is 38.0 Å². The van der Waals surface area contributed by atoms with E-state index >= 15 is 0 Å². The van der Waals surface area contributed by atoms with Gasteiger partial charge in [-0.1, -0.05) is 0 Å². The molecule has 0 aliphatic carbocycles. The largest absolute Gasteiger partial charge is 0.379 e. The van der Waals surface area contributed by atoms with E-state index in [1.807, 2.05) is 13.0 Å². The molecule has 0 aromatic heterocycles. The molecule has 1 unspecified atom stereocenters. The number of carbonyl (C=O) groups is 1. The lowest BCUT2D eigenvalue weighted by Gasteiger charge is -2.31. The average molecular weight is 453 g/mol. The second kappa shape index (κ2) is 9.72. The molecular weight excluding hydrogens is 420 g/mol. The van der Waals surface area contributed by atoms with Crippen LogP contribution in [0.3, 0.4) is 0 Å². The number of ether oxygens (including phenoxy) is 2. The monoisotopic (exact) mass is 452 g/mol. The van der Waals surface area contributed by atoms with E-state index < -0.39 is 10.0 Å². The first kappa shape index (κ1) is 22.3. The van der Waals surface area contributed by atoms with E-state index in [4.69, 9.17) is 9.47 Å². The Balaban J connectivity index is 1.54. The van der Waals surface area contributed by atoms with Crippen molar-refractivity contribution in [2.24, 2.45) is 0 Å². The first-order chi connectivity index (χ1) is 14.9. The molecule has 1 N–H and O–H groups in total. The Bertz CT molecular complexity index is 882. The maximum atomic E-state index is 13.1. The summed E-state index contributed by atoms with van der Waals surface area (Å²) in [7, 11) is -3.61. The van der Waals surface area contributed by atoms with Gasteiger partial charge in [-0.15, -0.1) is 0 Å². The van der Waals surface area contributed by atoms with Gasteiger partial charge in [-0.2, -0.15) is 4.31 Å². The number of amides is 1. The van der Waals surface area contributed by atoms with E-state index in [9.17, 15) is 13.2 Å². The van der Waals surface area contributed by atoms with Crippen LogP contribution in [-0.2, 0) is 24.3 Å². The normalized spacial score (nSPS) is 23.2. The van der Waals surface area contributed by atoms with Gasteiger partial charge in [0.2, 0.25) is 15.9 Å². The third-order valence-corrected chi connectivity index (χ3v) is 7.94. The molecule has 9 nitrogen and oxygen atoms in total. The van der Waals surface area contributed by atoms with Crippen LogP contribution in [-0.4, -0.2) is 95.3 Å². The SMILES string of the molecule is CC1CN(C(=O)CNc2cc(S(=O)(=O)N3CCOCC3)ccc2N2CCCC2)CCO1. The molecule has 172 valence electrons. The highest BCUT2D eigenvalue weighted by Gasteiger charge is 2.28. The summed E-state index contributed by atoms with van der Waals surface area (Å²) in [6.07, 6.45) is 2.25. The summed E-state index contributed by atoms with van der Waals surface area (Å²) in [4.78, 5) is 17.0. The minimum Gasteiger partial charge on any atom is -0.379 e. The summed E-state index contributed by atoms with van der Waals surface area (Å²) < 4.78 is 38.5. The van der Waals surface area contributed by atoms with Gasteiger partial charge < -0.3 is 24.6 Å². The predicted molar refractivity (Wildman–Crippen MR) is 118 cm³/mol. The molecule has 1 amide bonds. The van der Waals surface area contributed by atoms with Crippen LogP contribution in [0.15, 0.2) is 23.1 Å². The molecule has 1 aromatic rings. The van der Waals surface area contributed by atoms with Gasteiger partial charge in [-0.25, -0.2) is 8.42 Å². The second-order valence-corrected chi connectivity index (χ2v) is 10.2. The number of sulfonamides is 1. The van der Waals surface area contributed by atoms with E-state index in [1.165, 1.54) is 4.31 Å². The summed E-state index contributed by atoms with van der Waals surface area (Å²) >= 11 is 0. The Labute approximate surface area is 184 Å². The lowest BCUT2D eigenvalue weighted by atomic mass is 10.2. The molecule has 0 bridgehead atoms. The Kier molecular flexibility index (Phi) is 7.00. The van der Waals surface area contributed by atoms with Crippen LogP contribution in [0, 0.1) is 0 Å². The maximum Gasteiger partial charge on any atom is 0.243 e. The van der Waals surface area contributed by atoms with Crippen molar-refractivity contribution in [2.45, 2.75) is 30.8 Å². The lowest BCUT2D eigenvalue weighted by molar-refractivity contribution is -0.136. The quantitative estimate of drug-likeness (QED) is 0.688. The minimum absolute atomic E-state index is 0.0102. The third-order valence-electron chi connectivity index (χ3n) is 6.05. The topological polar surface area (TPSA) is 91.4 Å². The van der Waals surface area contributed by atoms with Gasteiger partial charge >= 0.3 is 0 Å². The van der Waals surface area contributed by atoms with Crippen molar-refractivity contribution < 1.29 is 22.7 Å². The van der Waals surface area contributed by atoms with E-state index in [0.29, 0.717) is 51.7 Å². The predicted octanol–water partition coefficient (Wildman–Crippen LogP) is 0.967. The second-order valence-electron chi connectivity index (χ2n) is 8.26. The number of hydrogen-bond donors (Lipinski definition) is 1. The van der Waals surface area contributed by atoms with Gasteiger partial charge in [0, 0.05) is 39.3 Å².